The van der Waals surface area contributed by atoms with Gasteiger partial charge >= 0.3 is 0 Å². The zero-order valence-corrected chi connectivity index (χ0v) is 13.8. The van der Waals surface area contributed by atoms with E-state index in [-0.39, 0.29) is 6.54 Å². The third kappa shape index (κ3) is 3.78. The number of hydrogen-bond acceptors (Lipinski definition) is 5. The second kappa shape index (κ2) is 6.95. The molecule has 7 heteroatoms. The topological polar surface area (TPSA) is 49.3 Å². The van der Waals surface area contributed by atoms with Crippen LogP contribution < -0.4 is 5.32 Å². The standard InChI is InChI=1S/C15H17F2NO2S2/c1-9(19)13(15(2,20)14(16)17)18-8-10-5-6-12(22-10)11-4-3-7-21-11/h3-7,13-14,18,20H,8H2,1-2H3/t13-,15+/m1/s1. The third-order valence-corrected chi connectivity index (χ3v) is 5.49. The zero-order chi connectivity index (χ0) is 16.3. The number of nitrogens with one attached hydrogen (secondary N) is 1. The SMILES string of the molecule is CC(=O)[C@@H](NCc1ccc(-c2cccs2)s1)[C@](C)(O)C(F)F. The maximum Gasteiger partial charge on any atom is 0.268 e. The van der Waals surface area contributed by atoms with Gasteiger partial charge in [0, 0.05) is 21.2 Å². The van der Waals surface area contributed by atoms with Crippen LogP contribution in [-0.4, -0.2) is 29.0 Å². The molecule has 2 aromatic heterocycles. The maximum atomic E-state index is 12.9. The molecule has 3 nitrogen and oxygen atoms in total. The molecule has 2 rings (SSSR count). The number of ketones is 1. The number of carbonyl (C=O) groups is 1. The molecule has 0 aliphatic carbocycles. The van der Waals surface area contributed by atoms with Crippen molar-refractivity contribution < 1.29 is 18.7 Å². The fraction of sp³-hybridized carbons (Fsp3) is 0.400. The molecule has 0 fully saturated rings. The van der Waals surface area contributed by atoms with Crippen LogP contribution >= 0.6 is 22.7 Å². The lowest BCUT2D eigenvalue weighted by Crippen LogP contribution is -2.56. The molecule has 2 atom stereocenters. The van der Waals surface area contributed by atoms with Crippen molar-refractivity contribution in [2.24, 2.45) is 0 Å². The lowest BCUT2D eigenvalue weighted by atomic mass is 9.94. The van der Waals surface area contributed by atoms with Crippen LogP contribution in [0.2, 0.25) is 0 Å². The summed E-state index contributed by atoms with van der Waals surface area (Å²) in [5.41, 5.74) is -2.39. The number of carbonyl (C=O) groups excluding carboxylic acids is 1. The average molecular weight is 345 g/mol. The van der Waals surface area contributed by atoms with Crippen molar-refractivity contribution in [3.05, 3.63) is 34.5 Å². The molecule has 120 valence electrons. The van der Waals surface area contributed by atoms with Gasteiger partial charge in [0.2, 0.25) is 0 Å². The fourth-order valence-electron chi connectivity index (χ4n) is 2.11. The lowest BCUT2D eigenvalue weighted by Gasteiger charge is -2.30. The Balaban J connectivity index is 2.06. The minimum Gasteiger partial charge on any atom is -0.382 e. The van der Waals surface area contributed by atoms with Crippen molar-refractivity contribution in [3.8, 4) is 9.75 Å². The Bertz CT molecular complexity index is 623. The Hall–Kier alpha value is -1.15. The van der Waals surface area contributed by atoms with E-state index in [1.54, 1.807) is 11.3 Å². The maximum absolute atomic E-state index is 12.9. The van der Waals surface area contributed by atoms with E-state index in [4.69, 9.17) is 0 Å². The third-order valence-electron chi connectivity index (χ3n) is 3.34. The molecule has 2 N–H and O–H groups in total. The lowest BCUT2D eigenvalue weighted by molar-refractivity contribution is -0.139. The fourth-order valence-corrected chi connectivity index (χ4v) is 3.91. The van der Waals surface area contributed by atoms with E-state index < -0.39 is 23.9 Å². The highest BCUT2D eigenvalue weighted by Gasteiger charge is 2.43. The van der Waals surface area contributed by atoms with Gasteiger partial charge in [0.25, 0.3) is 6.43 Å². The monoisotopic (exact) mass is 345 g/mol. The molecular formula is C15H17F2NO2S2. The smallest absolute Gasteiger partial charge is 0.268 e. The van der Waals surface area contributed by atoms with Crippen LogP contribution in [0.15, 0.2) is 29.6 Å². The zero-order valence-electron chi connectivity index (χ0n) is 12.2. The van der Waals surface area contributed by atoms with Gasteiger partial charge in [-0.2, -0.15) is 0 Å². The van der Waals surface area contributed by atoms with Gasteiger partial charge in [-0.05, 0) is 37.4 Å². The Morgan fingerprint density at radius 2 is 2.09 bits per heavy atom. The van der Waals surface area contributed by atoms with Gasteiger partial charge in [0.1, 0.15) is 17.4 Å². The molecule has 22 heavy (non-hydrogen) atoms. The van der Waals surface area contributed by atoms with E-state index in [9.17, 15) is 18.7 Å². The van der Waals surface area contributed by atoms with Crippen LogP contribution in [-0.2, 0) is 11.3 Å². The minimum absolute atomic E-state index is 0.253. The predicted octanol–water partition coefficient (Wildman–Crippen LogP) is 3.54. The molecule has 0 spiro atoms. The summed E-state index contributed by atoms with van der Waals surface area (Å²) in [6.07, 6.45) is -3.00. The van der Waals surface area contributed by atoms with Gasteiger partial charge in [-0.3, -0.25) is 10.1 Å². The number of hydrogen-bond donors (Lipinski definition) is 2. The minimum atomic E-state index is -3.00. The van der Waals surface area contributed by atoms with Crippen LogP contribution in [0.4, 0.5) is 8.78 Å². The van der Waals surface area contributed by atoms with Gasteiger partial charge in [0.05, 0.1) is 0 Å². The molecule has 0 amide bonds. The van der Waals surface area contributed by atoms with Crippen LogP contribution in [0.3, 0.4) is 0 Å². The van der Waals surface area contributed by atoms with Crippen molar-refractivity contribution in [2.45, 2.75) is 38.5 Å². The highest BCUT2D eigenvalue weighted by molar-refractivity contribution is 7.21. The van der Waals surface area contributed by atoms with E-state index in [1.165, 1.54) is 18.3 Å². The summed E-state index contributed by atoms with van der Waals surface area (Å²) in [6, 6.07) is 6.51. The molecule has 2 aromatic rings. The molecule has 0 bridgehead atoms. The van der Waals surface area contributed by atoms with E-state index in [0.29, 0.717) is 0 Å². The first-order valence-electron chi connectivity index (χ1n) is 6.69. The van der Waals surface area contributed by atoms with Crippen molar-refractivity contribution in [3.63, 3.8) is 0 Å². The Morgan fingerprint density at radius 1 is 1.36 bits per heavy atom. The van der Waals surface area contributed by atoms with E-state index >= 15 is 0 Å². The van der Waals surface area contributed by atoms with Crippen LogP contribution in [0, 0.1) is 0 Å². The van der Waals surface area contributed by atoms with Crippen LogP contribution in [0.5, 0.6) is 0 Å². The van der Waals surface area contributed by atoms with Crippen LogP contribution in [0.25, 0.3) is 9.75 Å². The molecule has 2 heterocycles. The van der Waals surface area contributed by atoms with Crippen molar-refractivity contribution >= 4 is 28.5 Å². The molecule has 0 unspecified atom stereocenters. The van der Waals surface area contributed by atoms with Crippen molar-refractivity contribution in [1.82, 2.24) is 5.32 Å². The predicted molar refractivity (Wildman–Crippen MR) is 85.6 cm³/mol. The summed E-state index contributed by atoms with van der Waals surface area (Å²) < 4.78 is 25.8. The number of halogens is 2. The van der Waals surface area contributed by atoms with Gasteiger partial charge in [-0.15, -0.1) is 22.7 Å². The number of Topliss-reactive ketones (excluding diaryl/α,β-unsaturated/α-hetero) is 1. The van der Waals surface area contributed by atoms with E-state index in [0.717, 1.165) is 21.6 Å². The molecule has 0 aromatic carbocycles. The summed E-state index contributed by atoms with van der Waals surface area (Å²) >= 11 is 3.15. The van der Waals surface area contributed by atoms with Crippen LogP contribution in [0.1, 0.15) is 18.7 Å². The van der Waals surface area contributed by atoms with E-state index in [2.05, 4.69) is 5.32 Å². The molecular weight excluding hydrogens is 328 g/mol. The second-order valence-corrected chi connectivity index (χ2v) is 7.31. The molecule has 0 radical (unpaired) electrons. The Labute approximate surface area is 135 Å². The first-order chi connectivity index (χ1) is 10.3. The highest BCUT2D eigenvalue weighted by Crippen LogP contribution is 2.31. The molecule has 0 aliphatic heterocycles. The van der Waals surface area contributed by atoms with Crippen molar-refractivity contribution in [1.29, 1.82) is 0 Å². The molecule has 0 saturated carbocycles. The number of thiophene rings is 2. The number of aliphatic hydroxyl groups is 1. The quantitative estimate of drug-likeness (QED) is 0.807. The van der Waals surface area contributed by atoms with Crippen molar-refractivity contribution in [2.75, 3.05) is 0 Å². The van der Waals surface area contributed by atoms with E-state index in [1.807, 2.05) is 29.6 Å². The van der Waals surface area contributed by atoms with Gasteiger partial charge in [-0.1, -0.05) is 6.07 Å². The number of alkyl halides is 2. The summed E-state index contributed by atoms with van der Waals surface area (Å²) in [4.78, 5) is 14.7. The number of rotatable bonds is 7. The Morgan fingerprint density at radius 3 is 2.64 bits per heavy atom. The average Bonchev–Trinajstić information content (AvgIpc) is 3.08. The second-order valence-electron chi connectivity index (χ2n) is 5.19. The highest BCUT2D eigenvalue weighted by atomic mass is 32.1. The van der Waals surface area contributed by atoms with Gasteiger partial charge in [0.15, 0.2) is 0 Å². The first-order valence-corrected chi connectivity index (χ1v) is 8.39. The largest absolute Gasteiger partial charge is 0.382 e. The summed E-state index contributed by atoms with van der Waals surface area (Å²) in [6.45, 7) is 2.42. The molecule has 0 saturated heterocycles. The summed E-state index contributed by atoms with van der Waals surface area (Å²) in [7, 11) is 0. The van der Waals surface area contributed by atoms with Gasteiger partial charge < -0.3 is 5.11 Å². The normalized spacial score (nSPS) is 15.7. The summed E-state index contributed by atoms with van der Waals surface area (Å²) in [5, 5.41) is 14.6. The Kier molecular flexibility index (Phi) is 5.44. The summed E-state index contributed by atoms with van der Waals surface area (Å²) in [5.74, 6) is -0.514. The van der Waals surface area contributed by atoms with Gasteiger partial charge in [-0.25, -0.2) is 8.78 Å². The first kappa shape index (κ1) is 17.2. The molecule has 0 aliphatic rings.